The minimum atomic E-state index is -3.99. The van der Waals surface area contributed by atoms with Gasteiger partial charge in [0, 0.05) is 5.69 Å². The van der Waals surface area contributed by atoms with Crippen LogP contribution in [0, 0.1) is 5.82 Å². The highest BCUT2D eigenvalue weighted by Crippen LogP contribution is 2.19. The number of hydrogen-bond acceptors (Lipinski definition) is 4. The van der Waals surface area contributed by atoms with Gasteiger partial charge in [0.25, 0.3) is 0 Å². The Morgan fingerprint density at radius 1 is 1.19 bits per heavy atom. The third-order valence-corrected chi connectivity index (χ3v) is 4.34. The van der Waals surface area contributed by atoms with Crippen LogP contribution in [0.4, 0.5) is 10.1 Å². The molecular formula is C14H15FN2O3S. The maximum Gasteiger partial charge on any atom is 0.241 e. The Labute approximate surface area is 122 Å². The highest BCUT2D eigenvalue weighted by atomic mass is 32.2. The highest BCUT2D eigenvalue weighted by molar-refractivity contribution is 7.89. The van der Waals surface area contributed by atoms with Gasteiger partial charge in [-0.2, -0.15) is 0 Å². The molecule has 0 radical (unpaired) electrons. The molecule has 7 heteroatoms. The summed E-state index contributed by atoms with van der Waals surface area (Å²) in [6.45, 7) is -0.423. The summed E-state index contributed by atoms with van der Waals surface area (Å²) in [4.78, 5) is -0.283. The number of sulfonamides is 1. The molecule has 0 fully saturated rings. The fraction of sp³-hybridized carbons (Fsp3) is 0.143. The van der Waals surface area contributed by atoms with E-state index in [1.807, 2.05) is 0 Å². The number of hydrogen-bond donors (Lipinski definition) is 3. The van der Waals surface area contributed by atoms with Crippen molar-refractivity contribution in [1.29, 1.82) is 0 Å². The lowest BCUT2D eigenvalue weighted by Gasteiger charge is -2.17. The number of aliphatic hydroxyl groups excluding tert-OH is 1. The Hall–Kier alpha value is -1.96. The molecule has 2 aromatic rings. The number of nitrogens with one attached hydrogen (secondary N) is 1. The standard InChI is InChI=1S/C14H15FN2O3S/c15-11-6-12(16)8-13(7-11)21(19,20)17-14(9-18)10-4-2-1-3-5-10/h1-8,14,17-18H,9,16H2. The molecule has 0 spiro atoms. The monoisotopic (exact) mass is 310 g/mol. The molecule has 0 saturated heterocycles. The molecule has 0 bridgehead atoms. The van der Waals surface area contributed by atoms with Crippen molar-refractivity contribution in [2.45, 2.75) is 10.9 Å². The van der Waals surface area contributed by atoms with E-state index in [2.05, 4.69) is 4.72 Å². The molecular weight excluding hydrogens is 295 g/mol. The second-order valence-corrected chi connectivity index (χ2v) is 6.20. The van der Waals surface area contributed by atoms with Crippen LogP contribution in [0.25, 0.3) is 0 Å². The zero-order valence-electron chi connectivity index (χ0n) is 11.0. The van der Waals surface area contributed by atoms with Crippen LogP contribution in [0.2, 0.25) is 0 Å². The van der Waals surface area contributed by atoms with Crippen LogP contribution in [0.5, 0.6) is 0 Å². The first-order valence-electron chi connectivity index (χ1n) is 6.16. The van der Waals surface area contributed by atoms with Crippen molar-refractivity contribution in [3.05, 3.63) is 59.9 Å². The summed E-state index contributed by atoms with van der Waals surface area (Å²) in [5.74, 6) is -0.740. The number of halogens is 1. The number of anilines is 1. The lowest BCUT2D eigenvalue weighted by molar-refractivity contribution is 0.259. The van der Waals surface area contributed by atoms with Gasteiger partial charge >= 0.3 is 0 Å². The first kappa shape index (κ1) is 15.4. The van der Waals surface area contributed by atoms with E-state index in [-0.39, 0.29) is 10.6 Å². The molecule has 21 heavy (non-hydrogen) atoms. The largest absolute Gasteiger partial charge is 0.399 e. The first-order chi connectivity index (χ1) is 9.92. The molecule has 0 aliphatic carbocycles. The molecule has 2 aromatic carbocycles. The van der Waals surface area contributed by atoms with E-state index in [0.29, 0.717) is 5.56 Å². The van der Waals surface area contributed by atoms with E-state index >= 15 is 0 Å². The summed E-state index contributed by atoms with van der Waals surface area (Å²) in [7, 11) is -3.99. The fourth-order valence-electron chi connectivity index (χ4n) is 1.89. The van der Waals surface area contributed by atoms with Gasteiger partial charge in [0.05, 0.1) is 17.5 Å². The molecule has 112 valence electrons. The normalized spacial score (nSPS) is 13.0. The number of nitrogen functional groups attached to an aromatic ring is 1. The maximum atomic E-state index is 13.3. The van der Waals surface area contributed by atoms with Gasteiger partial charge in [-0.1, -0.05) is 30.3 Å². The van der Waals surface area contributed by atoms with Gasteiger partial charge in [0.1, 0.15) is 5.82 Å². The van der Waals surface area contributed by atoms with Crippen molar-refractivity contribution >= 4 is 15.7 Å². The molecule has 5 nitrogen and oxygen atoms in total. The second-order valence-electron chi connectivity index (χ2n) is 4.49. The molecule has 4 N–H and O–H groups in total. The Balaban J connectivity index is 2.31. The molecule has 1 atom stereocenters. The molecule has 0 aliphatic heterocycles. The first-order valence-corrected chi connectivity index (χ1v) is 7.65. The highest BCUT2D eigenvalue weighted by Gasteiger charge is 2.21. The smallest absolute Gasteiger partial charge is 0.241 e. The molecule has 2 rings (SSSR count). The van der Waals surface area contributed by atoms with Crippen molar-refractivity contribution < 1.29 is 17.9 Å². The van der Waals surface area contributed by atoms with Gasteiger partial charge < -0.3 is 10.8 Å². The van der Waals surface area contributed by atoms with Crippen molar-refractivity contribution in [2.75, 3.05) is 12.3 Å². The van der Waals surface area contributed by atoms with Crippen LogP contribution in [0.15, 0.2) is 53.4 Å². The second kappa shape index (κ2) is 6.21. The molecule has 0 amide bonds. The zero-order chi connectivity index (χ0) is 15.5. The van der Waals surface area contributed by atoms with Crippen LogP contribution >= 0.6 is 0 Å². The molecule has 1 unspecified atom stereocenters. The van der Waals surface area contributed by atoms with Gasteiger partial charge in [-0.05, 0) is 23.8 Å². The molecule has 0 aliphatic rings. The van der Waals surface area contributed by atoms with Crippen molar-refractivity contribution in [3.63, 3.8) is 0 Å². The summed E-state index contributed by atoms with van der Waals surface area (Å²) >= 11 is 0. The summed E-state index contributed by atoms with van der Waals surface area (Å²) in [6.07, 6.45) is 0. The lowest BCUT2D eigenvalue weighted by atomic mass is 10.1. The summed E-state index contributed by atoms with van der Waals surface area (Å²) < 4.78 is 40.1. The van der Waals surface area contributed by atoms with Gasteiger partial charge in [0.15, 0.2) is 0 Å². The van der Waals surface area contributed by atoms with E-state index in [4.69, 9.17) is 5.73 Å². The molecule has 0 heterocycles. The van der Waals surface area contributed by atoms with Gasteiger partial charge in [-0.3, -0.25) is 0 Å². The lowest BCUT2D eigenvalue weighted by Crippen LogP contribution is -2.31. The van der Waals surface area contributed by atoms with Gasteiger partial charge in [-0.15, -0.1) is 0 Å². The van der Waals surface area contributed by atoms with Crippen LogP contribution in [0.1, 0.15) is 11.6 Å². The number of benzene rings is 2. The Kier molecular flexibility index (Phi) is 4.56. The van der Waals surface area contributed by atoms with Crippen LogP contribution in [-0.2, 0) is 10.0 Å². The van der Waals surface area contributed by atoms with Gasteiger partial charge in [-0.25, -0.2) is 17.5 Å². The zero-order valence-corrected chi connectivity index (χ0v) is 11.8. The third-order valence-electron chi connectivity index (χ3n) is 2.89. The topological polar surface area (TPSA) is 92.4 Å². The SMILES string of the molecule is Nc1cc(F)cc(S(=O)(=O)NC(CO)c2ccccc2)c1. The van der Waals surface area contributed by atoms with E-state index in [0.717, 1.165) is 18.2 Å². The summed E-state index contributed by atoms with van der Waals surface area (Å²) in [5.41, 5.74) is 6.06. The molecule has 0 aromatic heterocycles. The molecule has 0 saturated carbocycles. The quantitative estimate of drug-likeness (QED) is 0.728. The van der Waals surface area contributed by atoms with Gasteiger partial charge in [0.2, 0.25) is 10.0 Å². The van der Waals surface area contributed by atoms with E-state index in [9.17, 15) is 17.9 Å². The van der Waals surface area contributed by atoms with Crippen LogP contribution < -0.4 is 10.5 Å². The van der Waals surface area contributed by atoms with Crippen LogP contribution in [0.3, 0.4) is 0 Å². The van der Waals surface area contributed by atoms with E-state index < -0.39 is 28.5 Å². The summed E-state index contributed by atoms with van der Waals surface area (Å²) in [6, 6.07) is 10.8. The predicted molar refractivity (Wildman–Crippen MR) is 77.4 cm³/mol. The average Bonchev–Trinajstić information content (AvgIpc) is 2.45. The Morgan fingerprint density at radius 2 is 1.86 bits per heavy atom. The third kappa shape index (κ3) is 3.78. The van der Waals surface area contributed by atoms with E-state index in [1.54, 1.807) is 30.3 Å². The van der Waals surface area contributed by atoms with Crippen LogP contribution in [-0.4, -0.2) is 20.1 Å². The fourth-order valence-corrected chi connectivity index (χ4v) is 3.17. The minimum Gasteiger partial charge on any atom is -0.399 e. The Bertz CT molecular complexity index is 700. The number of aliphatic hydroxyl groups is 1. The Morgan fingerprint density at radius 3 is 2.43 bits per heavy atom. The van der Waals surface area contributed by atoms with Crippen molar-refractivity contribution in [1.82, 2.24) is 4.72 Å². The van der Waals surface area contributed by atoms with Crippen molar-refractivity contribution in [3.8, 4) is 0 Å². The number of rotatable bonds is 5. The van der Waals surface area contributed by atoms with Crippen molar-refractivity contribution in [2.24, 2.45) is 0 Å². The summed E-state index contributed by atoms with van der Waals surface area (Å²) in [5, 5.41) is 9.37. The average molecular weight is 310 g/mol. The van der Waals surface area contributed by atoms with E-state index in [1.165, 1.54) is 0 Å². The minimum absolute atomic E-state index is 0.00985. The predicted octanol–water partition coefficient (Wildman–Crippen LogP) is 1.42. The number of nitrogens with two attached hydrogens (primary N) is 1. The maximum absolute atomic E-state index is 13.3.